The second-order valence-corrected chi connectivity index (χ2v) is 3.81. The van der Waals surface area contributed by atoms with Crippen molar-refractivity contribution in [3.8, 4) is 11.3 Å². The second kappa shape index (κ2) is 4.87. The minimum absolute atomic E-state index is 0.273. The highest BCUT2D eigenvalue weighted by Crippen LogP contribution is 2.25. The van der Waals surface area contributed by atoms with Crippen molar-refractivity contribution in [1.29, 1.82) is 0 Å². The number of rotatable bonds is 3. The first-order valence-corrected chi connectivity index (χ1v) is 5.64. The van der Waals surface area contributed by atoms with Crippen LogP contribution in [0, 0.1) is 6.92 Å². The summed E-state index contributed by atoms with van der Waals surface area (Å²) in [5, 5.41) is 0. The Hall–Kier alpha value is -2.03. The van der Waals surface area contributed by atoms with Crippen LogP contribution in [-0.4, -0.2) is 17.6 Å². The number of carbonyl (C=O) groups is 1. The Morgan fingerprint density at radius 3 is 2.65 bits per heavy atom. The zero-order valence-corrected chi connectivity index (χ0v) is 9.99. The van der Waals surface area contributed by atoms with E-state index in [1.807, 2.05) is 50.4 Å². The number of benzene rings is 1. The highest BCUT2D eigenvalue weighted by molar-refractivity contribution is 5.98. The Balaban J connectivity index is 2.46. The second-order valence-electron chi connectivity index (χ2n) is 3.81. The third kappa shape index (κ3) is 2.23. The highest BCUT2D eigenvalue weighted by Gasteiger charge is 2.18. The van der Waals surface area contributed by atoms with Crippen LogP contribution in [0.25, 0.3) is 11.3 Å². The summed E-state index contributed by atoms with van der Waals surface area (Å²) in [5.74, 6) is -0.273. The van der Waals surface area contributed by atoms with Crippen LogP contribution in [0.5, 0.6) is 0 Å². The molecule has 88 valence electrons. The molecule has 0 bridgehead atoms. The summed E-state index contributed by atoms with van der Waals surface area (Å²) >= 11 is 0. The summed E-state index contributed by atoms with van der Waals surface area (Å²) in [6, 6.07) is 9.77. The Morgan fingerprint density at radius 2 is 2.00 bits per heavy atom. The molecule has 0 radical (unpaired) electrons. The van der Waals surface area contributed by atoms with Crippen LogP contribution in [0.1, 0.15) is 22.8 Å². The number of carbonyl (C=O) groups excluding carboxylic acids is 1. The maximum Gasteiger partial charge on any atom is 0.340 e. The fraction of sp³-hybridized carbons (Fsp3) is 0.214. The third-order valence-electron chi connectivity index (χ3n) is 2.62. The van der Waals surface area contributed by atoms with E-state index in [0.29, 0.717) is 12.2 Å². The molecule has 1 aromatic heterocycles. The molecule has 2 rings (SSSR count). The smallest absolute Gasteiger partial charge is 0.340 e. The van der Waals surface area contributed by atoms with Crippen LogP contribution < -0.4 is 0 Å². The summed E-state index contributed by atoms with van der Waals surface area (Å²) in [5.41, 5.74) is 3.34. The normalized spacial score (nSPS) is 10.2. The zero-order valence-electron chi connectivity index (χ0n) is 9.99. The molecule has 0 aliphatic carbocycles. The van der Waals surface area contributed by atoms with Crippen molar-refractivity contribution in [3.05, 3.63) is 47.7 Å². The number of H-pyrrole nitrogens is 1. The molecule has 0 aliphatic rings. The number of hydrogen-bond acceptors (Lipinski definition) is 2. The van der Waals surface area contributed by atoms with E-state index in [4.69, 9.17) is 4.74 Å². The number of hydrogen-bond donors (Lipinski definition) is 1. The number of aromatic nitrogens is 1. The molecule has 1 heterocycles. The SMILES string of the molecule is CCOC(=O)c1c(C)c[nH]c1-c1ccccc1. The Morgan fingerprint density at radius 1 is 1.29 bits per heavy atom. The summed E-state index contributed by atoms with van der Waals surface area (Å²) < 4.78 is 5.07. The molecular formula is C14H15NO2. The van der Waals surface area contributed by atoms with Gasteiger partial charge in [0.05, 0.1) is 17.9 Å². The van der Waals surface area contributed by atoms with Gasteiger partial charge < -0.3 is 9.72 Å². The van der Waals surface area contributed by atoms with Gasteiger partial charge in [0.25, 0.3) is 0 Å². The Labute approximate surface area is 100 Å². The van der Waals surface area contributed by atoms with Crippen molar-refractivity contribution < 1.29 is 9.53 Å². The van der Waals surface area contributed by atoms with Gasteiger partial charge in [0.15, 0.2) is 0 Å². The molecule has 0 saturated heterocycles. The highest BCUT2D eigenvalue weighted by atomic mass is 16.5. The predicted octanol–water partition coefficient (Wildman–Crippen LogP) is 3.17. The van der Waals surface area contributed by atoms with Gasteiger partial charge in [-0.05, 0) is 25.0 Å². The quantitative estimate of drug-likeness (QED) is 0.821. The standard InChI is InChI=1S/C14H15NO2/c1-3-17-14(16)12-10(2)9-15-13(12)11-7-5-4-6-8-11/h4-9,15H,3H2,1-2H3. The molecular weight excluding hydrogens is 214 g/mol. The van der Waals surface area contributed by atoms with Gasteiger partial charge in [-0.2, -0.15) is 0 Å². The number of esters is 1. The molecule has 0 unspecified atom stereocenters. The van der Waals surface area contributed by atoms with Crippen molar-refractivity contribution in [3.63, 3.8) is 0 Å². The van der Waals surface area contributed by atoms with Gasteiger partial charge in [-0.15, -0.1) is 0 Å². The minimum Gasteiger partial charge on any atom is -0.462 e. The zero-order chi connectivity index (χ0) is 12.3. The van der Waals surface area contributed by atoms with Gasteiger partial charge >= 0.3 is 5.97 Å². The summed E-state index contributed by atoms with van der Waals surface area (Å²) in [6.07, 6.45) is 1.83. The summed E-state index contributed by atoms with van der Waals surface area (Å²) in [7, 11) is 0. The number of aryl methyl sites for hydroxylation is 1. The largest absolute Gasteiger partial charge is 0.462 e. The molecule has 0 atom stereocenters. The van der Waals surface area contributed by atoms with Crippen LogP contribution in [0.3, 0.4) is 0 Å². The van der Waals surface area contributed by atoms with E-state index < -0.39 is 0 Å². The van der Waals surface area contributed by atoms with E-state index in [0.717, 1.165) is 16.8 Å². The van der Waals surface area contributed by atoms with Gasteiger partial charge in [-0.25, -0.2) is 4.79 Å². The molecule has 0 fully saturated rings. The van der Waals surface area contributed by atoms with Crippen molar-refractivity contribution in [2.24, 2.45) is 0 Å². The lowest BCUT2D eigenvalue weighted by molar-refractivity contribution is 0.0527. The lowest BCUT2D eigenvalue weighted by Gasteiger charge is -2.05. The van der Waals surface area contributed by atoms with E-state index in [1.165, 1.54) is 0 Å². The predicted molar refractivity (Wildman–Crippen MR) is 66.9 cm³/mol. The molecule has 2 aromatic rings. The first-order valence-electron chi connectivity index (χ1n) is 5.64. The fourth-order valence-corrected chi connectivity index (χ4v) is 1.82. The van der Waals surface area contributed by atoms with E-state index in [9.17, 15) is 4.79 Å². The van der Waals surface area contributed by atoms with Crippen molar-refractivity contribution in [1.82, 2.24) is 4.98 Å². The molecule has 1 N–H and O–H groups in total. The number of ether oxygens (including phenoxy) is 1. The van der Waals surface area contributed by atoms with Gasteiger partial charge in [-0.3, -0.25) is 0 Å². The first kappa shape index (κ1) is 11.5. The van der Waals surface area contributed by atoms with E-state index in [-0.39, 0.29) is 5.97 Å². The molecule has 3 heteroatoms. The molecule has 0 spiro atoms. The third-order valence-corrected chi connectivity index (χ3v) is 2.62. The van der Waals surface area contributed by atoms with Gasteiger partial charge in [0, 0.05) is 6.20 Å². The summed E-state index contributed by atoms with van der Waals surface area (Å²) in [6.45, 7) is 4.09. The van der Waals surface area contributed by atoms with Crippen molar-refractivity contribution >= 4 is 5.97 Å². The Kier molecular flexibility index (Phi) is 3.28. The first-order chi connectivity index (χ1) is 8.24. The lowest BCUT2D eigenvalue weighted by Crippen LogP contribution is -2.06. The van der Waals surface area contributed by atoms with Gasteiger partial charge in [-0.1, -0.05) is 30.3 Å². The average Bonchev–Trinajstić information content (AvgIpc) is 2.73. The molecule has 0 saturated carbocycles. The molecule has 3 nitrogen and oxygen atoms in total. The van der Waals surface area contributed by atoms with Crippen molar-refractivity contribution in [2.75, 3.05) is 6.61 Å². The molecule has 0 aliphatic heterocycles. The topological polar surface area (TPSA) is 42.1 Å². The molecule has 1 aromatic carbocycles. The summed E-state index contributed by atoms with van der Waals surface area (Å²) in [4.78, 5) is 15.0. The molecule has 17 heavy (non-hydrogen) atoms. The lowest BCUT2D eigenvalue weighted by atomic mass is 10.1. The van der Waals surface area contributed by atoms with Crippen LogP contribution in [0.4, 0.5) is 0 Å². The average molecular weight is 229 g/mol. The van der Waals surface area contributed by atoms with E-state index in [1.54, 1.807) is 0 Å². The van der Waals surface area contributed by atoms with Crippen LogP contribution in [0.2, 0.25) is 0 Å². The van der Waals surface area contributed by atoms with Gasteiger partial charge in [0.2, 0.25) is 0 Å². The van der Waals surface area contributed by atoms with Crippen LogP contribution in [0.15, 0.2) is 36.5 Å². The monoisotopic (exact) mass is 229 g/mol. The van der Waals surface area contributed by atoms with Crippen LogP contribution >= 0.6 is 0 Å². The van der Waals surface area contributed by atoms with E-state index in [2.05, 4.69) is 4.98 Å². The van der Waals surface area contributed by atoms with Gasteiger partial charge in [0.1, 0.15) is 0 Å². The van der Waals surface area contributed by atoms with Crippen molar-refractivity contribution in [2.45, 2.75) is 13.8 Å². The maximum absolute atomic E-state index is 11.9. The Bertz CT molecular complexity index is 514. The molecule has 0 amide bonds. The maximum atomic E-state index is 11.9. The van der Waals surface area contributed by atoms with E-state index >= 15 is 0 Å². The number of aromatic amines is 1. The minimum atomic E-state index is -0.273. The van der Waals surface area contributed by atoms with Crippen LogP contribution in [-0.2, 0) is 4.74 Å². The fourth-order valence-electron chi connectivity index (χ4n) is 1.82. The number of nitrogens with one attached hydrogen (secondary N) is 1.